The summed E-state index contributed by atoms with van der Waals surface area (Å²) in [6.45, 7) is 10.6. The van der Waals surface area contributed by atoms with Crippen LogP contribution in [0.4, 0.5) is 0 Å². The van der Waals surface area contributed by atoms with Crippen LogP contribution in [0.3, 0.4) is 0 Å². The van der Waals surface area contributed by atoms with Crippen LogP contribution < -0.4 is 10.2 Å². The summed E-state index contributed by atoms with van der Waals surface area (Å²) < 4.78 is 0.814. The second kappa shape index (κ2) is 44.4. The molecule has 0 amide bonds. The Hall–Kier alpha value is -0.300. The van der Waals surface area contributed by atoms with Gasteiger partial charge in [-0.1, -0.05) is 220 Å². The molecule has 0 saturated heterocycles. The Bertz CT molecular complexity index is 895. The van der Waals surface area contributed by atoms with E-state index in [-0.39, 0.29) is 50.6 Å². The summed E-state index contributed by atoms with van der Waals surface area (Å²) in [7, 11) is 0. The Kier molecular flexibility index (Phi) is 47.8. The quantitative estimate of drug-likeness (QED) is 0.0561. The average Bonchev–Trinajstić information content (AvgIpc) is 3.10. The molecule has 0 aromatic heterocycles. The SMILES string of the molecule is CCCCCCCCCCCCCCCCCC(=O)[O-].CCCCCCCCCCCCCCCCCC(=O)[O-].Cc1ccc(C(C)C)c(O)c1Br.[Ca+2]. The molecule has 0 aliphatic carbocycles. The first kappa shape index (κ1) is 57.0. The van der Waals surface area contributed by atoms with E-state index in [9.17, 15) is 24.9 Å². The summed E-state index contributed by atoms with van der Waals surface area (Å²) in [6, 6.07) is 3.99. The largest absolute Gasteiger partial charge is 2.00 e. The fourth-order valence-corrected chi connectivity index (χ4v) is 6.79. The number of phenolic OH excluding ortho intramolecular Hbond substituents is 1. The van der Waals surface area contributed by atoms with Crippen molar-refractivity contribution >= 4 is 65.6 Å². The molecule has 0 spiro atoms. The molecule has 1 N–H and O–H groups in total. The predicted molar refractivity (Wildman–Crippen MR) is 229 cm³/mol. The molecule has 0 unspecified atom stereocenters. The Labute approximate surface area is 367 Å². The number of carbonyl (C=O) groups is 2. The van der Waals surface area contributed by atoms with Gasteiger partial charge in [-0.15, -0.1) is 0 Å². The van der Waals surface area contributed by atoms with E-state index in [2.05, 4.69) is 43.6 Å². The number of hydrogen-bond acceptors (Lipinski definition) is 5. The summed E-state index contributed by atoms with van der Waals surface area (Å²) in [4.78, 5) is 20.4. The fourth-order valence-electron chi connectivity index (χ4n) is 6.43. The molecular formula is C46H83BrCaO5. The maximum absolute atomic E-state index is 10.2. The monoisotopic (exact) mass is 835 g/mol. The molecule has 306 valence electrons. The smallest absolute Gasteiger partial charge is 0.550 e. The Morgan fingerprint density at radius 3 is 1.00 bits per heavy atom. The molecule has 1 rings (SSSR count). The van der Waals surface area contributed by atoms with Crippen molar-refractivity contribution in [3.05, 3.63) is 27.7 Å². The molecule has 0 heterocycles. The van der Waals surface area contributed by atoms with Gasteiger partial charge in [-0.05, 0) is 65.6 Å². The van der Waals surface area contributed by atoms with Crippen LogP contribution in [0, 0.1) is 6.92 Å². The predicted octanol–water partition coefficient (Wildman–Crippen LogP) is 13.2. The van der Waals surface area contributed by atoms with Gasteiger partial charge in [0.25, 0.3) is 0 Å². The molecule has 0 saturated carbocycles. The van der Waals surface area contributed by atoms with E-state index in [0.29, 0.717) is 11.7 Å². The van der Waals surface area contributed by atoms with E-state index >= 15 is 0 Å². The van der Waals surface area contributed by atoms with Gasteiger partial charge in [-0.2, -0.15) is 0 Å². The van der Waals surface area contributed by atoms with Crippen LogP contribution in [-0.4, -0.2) is 54.8 Å². The minimum atomic E-state index is -0.903. The van der Waals surface area contributed by atoms with Gasteiger partial charge in [0, 0.05) is 11.9 Å². The second-order valence-corrected chi connectivity index (χ2v) is 16.2. The first-order valence-corrected chi connectivity index (χ1v) is 22.7. The molecule has 5 nitrogen and oxygen atoms in total. The fraction of sp³-hybridized carbons (Fsp3) is 0.826. The number of benzene rings is 1. The number of aryl methyl sites for hydroxylation is 1. The molecule has 0 radical (unpaired) electrons. The van der Waals surface area contributed by atoms with E-state index in [1.165, 1.54) is 167 Å². The zero-order valence-electron chi connectivity index (χ0n) is 35.5. The first-order valence-electron chi connectivity index (χ1n) is 22.0. The number of carbonyl (C=O) groups excluding carboxylic acids is 2. The summed E-state index contributed by atoms with van der Waals surface area (Å²) in [6.07, 6.45) is 39.7. The van der Waals surface area contributed by atoms with Gasteiger partial charge in [0.1, 0.15) is 5.75 Å². The topological polar surface area (TPSA) is 100 Å². The zero-order valence-corrected chi connectivity index (χ0v) is 39.3. The Morgan fingerprint density at radius 1 is 0.528 bits per heavy atom. The summed E-state index contributed by atoms with van der Waals surface area (Å²) in [5, 5.41) is 30.1. The molecule has 0 bridgehead atoms. The molecule has 7 heteroatoms. The molecular weight excluding hydrogens is 752 g/mol. The zero-order chi connectivity index (χ0) is 39.1. The van der Waals surface area contributed by atoms with Crippen LogP contribution in [0.15, 0.2) is 16.6 Å². The van der Waals surface area contributed by atoms with E-state index < -0.39 is 11.9 Å². The van der Waals surface area contributed by atoms with Crippen LogP contribution in [0.1, 0.15) is 250 Å². The normalized spacial score (nSPS) is 10.6. The number of phenols is 1. The van der Waals surface area contributed by atoms with Crippen molar-refractivity contribution in [3.63, 3.8) is 0 Å². The standard InChI is InChI=1S/2C18H36O2.C10H13BrO.Ca/c2*1-2-3-4-5-6-7-8-9-10-11-12-13-14-15-16-17-18(19)20;1-6(2)8-5-4-7(3)9(11)10(8)12;/h2*2-17H2,1H3,(H,19,20);4-6,12H,1-3H3;/q;;;+2/p-2. The van der Waals surface area contributed by atoms with Gasteiger partial charge in [-0.3, -0.25) is 0 Å². The second-order valence-electron chi connectivity index (χ2n) is 15.4. The van der Waals surface area contributed by atoms with Gasteiger partial charge >= 0.3 is 37.7 Å². The van der Waals surface area contributed by atoms with Gasteiger partial charge in [0.05, 0.1) is 4.47 Å². The van der Waals surface area contributed by atoms with E-state index in [0.717, 1.165) is 41.3 Å². The average molecular weight is 836 g/mol. The van der Waals surface area contributed by atoms with Gasteiger partial charge < -0.3 is 24.9 Å². The molecule has 0 fully saturated rings. The van der Waals surface area contributed by atoms with Crippen LogP contribution in [0.25, 0.3) is 0 Å². The van der Waals surface area contributed by atoms with E-state index in [4.69, 9.17) is 0 Å². The third kappa shape index (κ3) is 42.7. The molecule has 0 atom stereocenters. The number of rotatable bonds is 33. The van der Waals surface area contributed by atoms with Crippen molar-refractivity contribution in [1.82, 2.24) is 0 Å². The number of hydrogen-bond donors (Lipinski definition) is 1. The summed E-state index contributed by atoms with van der Waals surface area (Å²) in [5.41, 5.74) is 2.06. The third-order valence-electron chi connectivity index (χ3n) is 9.93. The van der Waals surface area contributed by atoms with Crippen molar-refractivity contribution in [1.29, 1.82) is 0 Å². The number of aliphatic carboxylic acids is 2. The van der Waals surface area contributed by atoms with Crippen LogP contribution in [-0.2, 0) is 9.59 Å². The number of carboxylic acids is 2. The summed E-state index contributed by atoms with van der Waals surface area (Å²) >= 11 is 3.35. The van der Waals surface area contributed by atoms with Crippen molar-refractivity contribution in [2.75, 3.05) is 0 Å². The Balaban J connectivity index is -0.000000722. The number of unbranched alkanes of at least 4 members (excludes halogenated alkanes) is 28. The minimum absolute atomic E-state index is 0. The minimum Gasteiger partial charge on any atom is -0.550 e. The molecule has 0 aliphatic rings. The molecule has 53 heavy (non-hydrogen) atoms. The Morgan fingerprint density at radius 2 is 0.774 bits per heavy atom. The van der Waals surface area contributed by atoms with Crippen LogP contribution >= 0.6 is 15.9 Å². The molecule has 1 aromatic carbocycles. The van der Waals surface area contributed by atoms with E-state index in [1.807, 2.05) is 19.1 Å². The first-order chi connectivity index (χ1) is 25.1. The maximum atomic E-state index is 10.2. The van der Waals surface area contributed by atoms with Crippen molar-refractivity contribution in [3.8, 4) is 5.75 Å². The van der Waals surface area contributed by atoms with Crippen molar-refractivity contribution in [2.24, 2.45) is 0 Å². The molecule has 1 aromatic rings. The maximum Gasteiger partial charge on any atom is 2.00 e. The van der Waals surface area contributed by atoms with Gasteiger partial charge in [0.15, 0.2) is 0 Å². The number of aromatic hydroxyl groups is 1. The van der Waals surface area contributed by atoms with E-state index in [1.54, 1.807) is 0 Å². The van der Waals surface area contributed by atoms with Crippen LogP contribution in [0.5, 0.6) is 5.75 Å². The van der Waals surface area contributed by atoms with Gasteiger partial charge in [-0.25, -0.2) is 0 Å². The summed E-state index contributed by atoms with van der Waals surface area (Å²) in [5.74, 6) is -1.06. The van der Waals surface area contributed by atoms with Crippen molar-refractivity contribution in [2.45, 2.75) is 246 Å². The van der Waals surface area contributed by atoms with Crippen LogP contribution in [0.2, 0.25) is 0 Å². The third-order valence-corrected chi connectivity index (χ3v) is 10.9. The number of halogens is 1. The van der Waals surface area contributed by atoms with Gasteiger partial charge in [0.2, 0.25) is 0 Å². The molecule has 0 aliphatic heterocycles. The number of carboxylic acid groups (broad SMARTS) is 2. The van der Waals surface area contributed by atoms with Crippen molar-refractivity contribution < 1.29 is 24.9 Å².